The van der Waals surface area contributed by atoms with Gasteiger partial charge in [-0.05, 0) is 24.6 Å². The van der Waals surface area contributed by atoms with Crippen LogP contribution in [0.1, 0.15) is 31.3 Å². The molecule has 1 aromatic carbocycles. The van der Waals surface area contributed by atoms with Crippen LogP contribution in [0.25, 0.3) is 0 Å². The van der Waals surface area contributed by atoms with Crippen LogP contribution in [0.3, 0.4) is 0 Å². The highest BCUT2D eigenvalue weighted by Gasteiger charge is 2.14. The highest BCUT2D eigenvalue weighted by Crippen LogP contribution is 2.29. The van der Waals surface area contributed by atoms with Gasteiger partial charge in [0.1, 0.15) is 4.88 Å². The molecule has 0 fully saturated rings. The Bertz CT molecular complexity index is 649. The number of thioether (sulfide) groups is 1. The van der Waals surface area contributed by atoms with Crippen LogP contribution < -0.4 is 0 Å². The Labute approximate surface area is 123 Å². The van der Waals surface area contributed by atoms with Crippen molar-refractivity contribution in [1.82, 2.24) is 4.98 Å². The number of aromatic carboxylic acids is 2. The monoisotopic (exact) mass is 309 g/mol. The third kappa shape index (κ3) is 3.37. The van der Waals surface area contributed by atoms with Gasteiger partial charge in [-0.25, -0.2) is 14.6 Å². The van der Waals surface area contributed by atoms with E-state index in [0.717, 1.165) is 16.9 Å². The van der Waals surface area contributed by atoms with Crippen LogP contribution in [0.15, 0.2) is 28.6 Å². The first kappa shape index (κ1) is 14.5. The Kier molecular flexibility index (Phi) is 4.41. The van der Waals surface area contributed by atoms with Gasteiger partial charge in [-0.1, -0.05) is 23.9 Å². The van der Waals surface area contributed by atoms with E-state index in [9.17, 15) is 9.59 Å². The fourth-order valence-corrected chi connectivity index (χ4v) is 3.50. The second kappa shape index (κ2) is 6.06. The molecule has 104 valence electrons. The van der Waals surface area contributed by atoms with Gasteiger partial charge < -0.3 is 10.2 Å². The summed E-state index contributed by atoms with van der Waals surface area (Å²) in [6.45, 7) is 1.67. The smallest absolute Gasteiger partial charge is 0.347 e. The molecular formula is C13H11NO4S2. The van der Waals surface area contributed by atoms with Gasteiger partial charge in [0.25, 0.3) is 0 Å². The van der Waals surface area contributed by atoms with Crippen LogP contribution in [0.5, 0.6) is 0 Å². The van der Waals surface area contributed by atoms with E-state index in [1.807, 2.05) is 0 Å². The number of aromatic nitrogens is 1. The average molecular weight is 309 g/mol. The molecule has 0 aliphatic heterocycles. The summed E-state index contributed by atoms with van der Waals surface area (Å²) in [7, 11) is 0. The zero-order valence-electron chi connectivity index (χ0n) is 10.5. The first-order valence-corrected chi connectivity index (χ1v) is 7.43. The lowest BCUT2D eigenvalue weighted by molar-refractivity contribution is 0.0688. The molecule has 0 spiro atoms. The molecular weight excluding hydrogens is 298 g/mol. The van der Waals surface area contributed by atoms with E-state index in [1.54, 1.807) is 31.2 Å². The van der Waals surface area contributed by atoms with Crippen molar-refractivity contribution in [1.29, 1.82) is 0 Å². The van der Waals surface area contributed by atoms with Crippen molar-refractivity contribution in [3.05, 3.63) is 46.0 Å². The van der Waals surface area contributed by atoms with Crippen molar-refractivity contribution in [3.8, 4) is 0 Å². The second-order valence-electron chi connectivity index (χ2n) is 3.99. The lowest BCUT2D eigenvalue weighted by Gasteiger charge is -2.00. The van der Waals surface area contributed by atoms with E-state index < -0.39 is 11.9 Å². The summed E-state index contributed by atoms with van der Waals surface area (Å²) in [6.07, 6.45) is 0. The third-order valence-corrected chi connectivity index (χ3v) is 4.89. The minimum atomic E-state index is -0.960. The zero-order chi connectivity index (χ0) is 14.7. The maximum atomic E-state index is 10.9. The number of nitrogens with zero attached hydrogens (tertiary/aromatic N) is 1. The molecule has 20 heavy (non-hydrogen) atoms. The molecule has 0 aliphatic carbocycles. The fourth-order valence-electron chi connectivity index (χ4n) is 1.52. The molecule has 0 atom stereocenters. The summed E-state index contributed by atoms with van der Waals surface area (Å²) < 4.78 is 0.696. The van der Waals surface area contributed by atoms with Gasteiger partial charge in [-0.3, -0.25) is 0 Å². The molecule has 2 N–H and O–H groups in total. The predicted molar refractivity (Wildman–Crippen MR) is 76.8 cm³/mol. The molecule has 1 heterocycles. The number of rotatable bonds is 5. The molecule has 0 radical (unpaired) electrons. The molecule has 0 saturated carbocycles. The highest BCUT2D eigenvalue weighted by atomic mass is 32.2. The number of carboxylic acid groups (broad SMARTS) is 2. The molecule has 0 aliphatic rings. The molecule has 7 heteroatoms. The van der Waals surface area contributed by atoms with E-state index >= 15 is 0 Å². The summed E-state index contributed by atoms with van der Waals surface area (Å²) >= 11 is 2.59. The molecule has 2 rings (SSSR count). The van der Waals surface area contributed by atoms with E-state index in [2.05, 4.69) is 4.98 Å². The Balaban J connectivity index is 2.03. The number of thiazole rings is 1. The van der Waals surface area contributed by atoms with Crippen LogP contribution in [0.4, 0.5) is 0 Å². The molecule has 2 aromatic rings. The van der Waals surface area contributed by atoms with Crippen molar-refractivity contribution in [2.75, 3.05) is 0 Å². The zero-order valence-corrected chi connectivity index (χ0v) is 12.1. The molecule has 1 aromatic heterocycles. The van der Waals surface area contributed by atoms with Gasteiger partial charge in [-0.2, -0.15) is 0 Å². The van der Waals surface area contributed by atoms with E-state index in [4.69, 9.17) is 10.2 Å². The molecule has 0 amide bonds. The summed E-state index contributed by atoms with van der Waals surface area (Å²) in [5, 5.41) is 17.8. The SMILES string of the molecule is Cc1nc(SCc2ccc(C(=O)O)cc2)sc1C(=O)O. The highest BCUT2D eigenvalue weighted by molar-refractivity contribution is 8.00. The van der Waals surface area contributed by atoms with Gasteiger partial charge >= 0.3 is 11.9 Å². The minimum absolute atomic E-state index is 0.247. The topological polar surface area (TPSA) is 87.5 Å². The minimum Gasteiger partial charge on any atom is -0.478 e. The van der Waals surface area contributed by atoms with Gasteiger partial charge in [0, 0.05) is 5.75 Å². The normalized spacial score (nSPS) is 10.4. The Hall–Kier alpha value is -1.86. The van der Waals surface area contributed by atoms with Gasteiger partial charge in [0.15, 0.2) is 4.34 Å². The van der Waals surface area contributed by atoms with Crippen molar-refractivity contribution < 1.29 is 19.8 Å². The van der Waals surface area contributed by atoms with Crippen molar-refractivity contribution in [2.45, 2.75) is 17.0 Å². The summed E-state index contributed by atoms with van der Waals surface area (Å²) in [4.78, 5) is 26.1. The standard InChI is InChI=1S/C13H11NO4S2/c1-7-10(12(17)18)20-13(14-7)19-6-8-2-4-9(5-3-8)11(15)16/h2-5H,6H2,1H3,(H,15,16)(H,17,18). The number of hydrogen-bond acceptors (Lipinski definition) is 5. The number of aryl methyl sites for hydroxylation is 1. The van der Waals surface area contributed by atoms with Gasteiger partial charge in [0.05, 0.1) is 11.3 Å². The first-order chi connectivity index (χ1) is 9.47. The number of carboxylic acids is 2. The van der Waals surface area contributed by atoms with E-state index in [1.165, 1.54) is 11.8 Å². The predicted octanol–water partition coefficient (Wildman–Crippen LogP) is 3.14. The number of hydrogen-bond donors (Lipinski definition) is 2. The maximum absolute atomic E-state index is 10.9. The summed E-state index contributed by atoms with van der Waals surface area (Å²) in [6, 6.07) is 6.59. The largest absolute Gasteiger partial charge is 0.478 e. The molecule has 0 saturated heterocycles. The lowest BCUT2D eigenvalue weighted by Crippen LogP contribution is -1.95. The second-order valence-corrected chi connectivity index (χ2v) is 6.21. The number of benzene rings is 1. The Morgan fingerprint density at radius 3 is 2.35 bits per heavy atom. The first-order valence-electron chi connectivity index (χ1n) is 5.63. The fraction of sp³-hybridized carbons (Fsp3) is 0.154. The molecule has 0 unspecified atom stereocenters. The number of carbonyl (C=O) groups is 2. The maximum Gasteiger partial charge on any atom is 0.347 e. The Morgan fingerprint density at radius 1 is 1.20 bits per heavy atom. The average Bonchev–Trinajstić information content (AvgIpc) is 2.78. The van der Waals surface area contributed by atoms with Gasteiger partial charge in [0.2, 0.25) is 0 Å². The van der Waals surface area contributed by atoms with Crippen LogP contribution >= 0.6 is 23.1 Å². The van der Waals surface area contributed by atoms with Crippen molar-refractivity contribution in [2.24, 2.45) is 0 Å². The van der Waals surface area contributed by atoms with Crippen LogP contribution in [-0.4, -0.2) is 27.1 Å². The Morgan fingerprint density at radius 2 is 1.85 bits per heavy atom. The summed E-state index contributed by atoms with van der Waals surface area (Å²) in [5.74, 6) is -1.30. The van der Waals surface area contributed by atoms with Crippen molar-refractivity contribution in [3.63, 3.8) is 0 Å². The van der Waals surface area contributed by atoms with Gasteiger partial charge in [-0.15, -0.1) is 11.3 Å². The molecule has 0 bridgehead atoms. The van der Waals surface area contributed by atoms with Crippen LogP contribution in [0.2, 0.25) is 0 Å². The van der Waals surface area contributed by atoms with Crippen molar-refractivity contribution >= 4 is 35.0 Å². The quantitative estimate of drug-likeness (QED) is 0.825. The lowest BCUT2D eigenvalue weighted by atomic mass is 10.1. The van der Waals surface area contributed by atoms with Crippen LogP contribution in [0, 0.1) is 6.92 Å². The summed E-state index contributed by atoms with van der Waals surface area (Å²) in [5.41, 5.74) is 1.73. The van der Waals surface area contributed by atoms with Crippen LogP contribution in [-0.2, 0) is 5.75 Å². The third-order valence-electron chi connectivity index (χ3n) is 2.53. The molecule has 5 nitrogen and oxygen atoms in total. The van der Waals surface area contributed by atoms with E-state index in [-0.39, 0.29) is 10.4 Å². The van der Waals surface area contributed by atoms with E-state index in [0.29, 0.717) is 15.8 Å².